The van der Waals surface area contributed by atoms with Crippen LogP contribution in [0.4, 0.5) is 15.0 Å². The molecule has 0 aromatic carbocycles. The molecule has 1 saturated heterocycles. The van der Waals surface area contributed by atoms with Crippen LogP contribution in [0.3, 0.4) is 0 Å². The number of nitrogens with one attached hydrogen (secondary N) is 1. The number of hydrogen-bond acceptors (Lipinski definition) is 9. The zero-order valence-corrected chi connectivity index (χ0v) is 24.5. The van der Waals surface area contributed by atoms with Crippen LogP contribution < -0.4 is 11.0 Å². The van der Waals surface area contributed by atoms with Crippen molar-refractivity contribution in [2.45, 2.75) is 117 Å². The van der Waals surface area contributed by atoms with Crippen molar-refractivity contribution in [3.05, 3.63) is 22.5 Å². The van der Waals surface area contributed by atoms with Crippen LogP contribution in [0.5, 0.6) is 0 Å². The van der Waals surface area contributed by atoms with Gasteiger partial charge in [0, 0.05) is 5.41 Å². The summed E-state index contributed by atoms with van der Waals surface area (Å²) in [5.41, 5.74) is -1.64. The summed E-state index contributed by atoms with van der Waals surface area (Å²) in [5.74, 6) is -1.62. The molecule has 1 aliphatic heterocycles. The first-order chi connectivity index (χ1) is 17.9. The molecule has 0 bridgehead atoms. The number of nitrogens with zero attached hydrogens (tertiary/aromatic N) is 2. The number of aliphatic hydroxyl groups excluding tert-OH is 2. The van der Waals surface area contributed by atoms with Gasteiger partial charge >= 0.3 is 11.8 Å². The summed E-state index contributed by atoms with van der Waals surface area (Å²) < 4.78 is 37.8. The molecule has 0 aliphatic carbocycles. The van der Waals surface area contributed by atoms with E-state index in [1.807, 2.05) is 41.5 Å². The van der Waals surface area contributed by atoms with Gasteiger partial charge in [-0.3, -0.25) is 9.88 Å². The van der Waals surface area contributed by atoms with Gasteiger partial charge in [0.2, 0.25) is 0 Å². The number of anilines is 1. The molecule has 4 unspecified atom stereocenters. The Labute approximate surface area is 230 Å². The van der Waals surface area contributed by atoms with E-state index in [2.05, 4.69) is 17.2 Å². The highest BCUT2D eigenvalue weighted by Crippen LogP contribution is 2.30. The maximum Gasteiger partial charge on any atom is 0.412 e. The Bertz CT molecular complexity index is 986. The Balaban J connectivity index is 1.81. The van der Waals surface area contributed by atoms with Crippen LogP contribution in [0.25, 0.3) is 0 Å². The number of amides is 1. The monoisotopic (exact) mass is 559 g/mol. The highest BCUT2D eigenvalue weighted by atomic mass is 19.1. The maximum atomic E-state index is 14.5. The number of ether oxygens (including phenoxy) is 4. The summed E-state index contributed by atoms with van der Waals surface area (Å²) in [4.78, 5) is 28.0. The molecule has 1 fully saturated rings. The predicted molar refractivity (Wildman–Crippen MR) is 143 cm³/mol. The Morgan fingerprint density at radius 1 is 1.05 bits per heavy atom. The van der Waals surface area contributed by atoms with Gasteiger partial charge in [0.05, 0.1) is 43.3 Å². The summed E-state index contributed by atoms with van der Waals surface area (Å²) in [5, 5.41) is 22.0. The first-order valence-corrected chi connectivity index (χ1v) is 13.4. The van der Waals surface area contributed by atoms with Crippen LogP contribution in [0.15, 0.2) is 11.0 Å². The molecule has 224 valence electrons. The SMILES string of the molecule is CC1OC(n2cc(F)c(NC(=O)OCCCCCC(C)(COC(C)(C)C)COC(C)(C)C)nc2=O)C(O)C1O. The minimum atomic E-state index is -1.43. The molecular weight excluding hydrogens is 513 g/mol. The van der Waals surface area contributed by atoms with Crippen molar-refractivity contribution in [1.29, 1.82) is 0 Å². The van der Waals surface area contributed by atoms with Crippen LogP contribution in [0, 0.1) is 11.2 Å². The van der Waals surface area contributed by atoms with Gasteiger partial charge in [-0.15, -0.1) is 0 Å². The quantitative estimate of drug-likeness (QED) is 0.326. The fourth-order valence-electron chi connectivity index (χ4n) is 3.87. The lowest BCUT2D eigenvalue weighted by atomic mass is 9.86. The van der Waals surface area contributed by atoms with Gasteiger partial charge in [-0.1, -0.05) is 19.8 Å². The third kappa shape index (κ3) is 10.8. The Morgan fingerprint density at radius 3 is 2.15 bits per heavy atom. The standard InChI is InChI=1S/C27H46FN3O8/c1-17-19(32)20(33)22(39-17)31-14-18(28)21(29-23(31)34)30-24(35)36-13-11-9-10-12-27(8,15-37-25(2,3)4)16-38-26(5,6)7/h14,17,19-20,22,32-33H,9-13,15-16H2,1-8H3,(H,29,30,34,35). The van der Waals surface area contributed by atoms with E-state index in [4.69, 9.17) is 18.9 Å². The first kappa shape index (κ1) is 33.1. The molecule has 0 radical (unpaired) electrons. The van der Waals surface area contributed by atoms with E-state index in [0.29, 0.717) is 19.6 Å². The van der Waals surface area contributed by atoms with Crippen molar-refractivity contribution in [2.75, 3.05) is 25.1 Å². The summed E-state index contributed by atoms with van der Waals surface area (Å²) >= 11 is 0. The van der Waals surface area contributed by atoms with Gasteiger partial charge in [-0.25, -0.2) is 14.0 Å². The van der Waals surface area contributed by atoms with Gasteiger partial charge in [0.25, 0.3) is 0 Å². The van der Waals surface area contributed by atoms with E-state index in [1.54, 1.807) is 0 Å². The Hall–Kier alpha value is -2.12. The van der Waals surface area contributed by atoms with E-state index in [1.165, 1.54) is 6.92 Å². The molecule has 12 heteroatoms. The van der Waals surface area contributed by atoms with Crippen molar-refractivity contribution >= 4 is 11.9 Å². The zero-order valence-electron chi connectivity index (χ0n) is 24.5. The maximum absolute atomic E-state index is 14.5. The van der Waals surface area contributed by atoms with E-state index in [9.17, 15) is 24.2 Å². The van der Waals surface area contributed by atoms with E-state index in [0.717, 1.165) is 30.0 Å². The zero-order chi connectivity index (χ0) is 29.6. The summed E-state index contributed by atoms with van der Waals surface area (Å²) in [7, 11) is 0. The molecule has 1 aliphatic rings. The predicted octanol–water partition coefficient (Wildman–Crippen LogP) is 3.77. The smallest absolute Gasteiger partial charge is 0.412 e. The average molecular weight is 560 g/mol. The molecule has 2 rings (SSSR count). The van der Waals surface area contributed by atoms with Crippen molar-refractivity contribution in [3.8, 4) is 0 Å². The minimum Gasteiger partial charge on any atom is -0.449 e. The van der Waals surface area contributed by atoms with Gasteiger partial charge < -0.3 is 29.2 Å². The number of carbonyl (C=O) groups excluding carboxylic acids is 1. The number of unbranched alkanes of at least 4 members (excludes halogenated alkanes) is 2. The lowest BCUT2D eigenvalue weighted by molar-refractivity contribution is -0.104. The fraction of sp³-hybridized carbons (Fsp3) is 0.815. The number of aromatic nitrogens is 2. The van der Waals surface area contributed by atoms with Crippen LogP contribution in [0.2, 0.25) is 0 Å². The van der Waals surface area contributed by atoms with Crippen LogP contribution >= 0.6 is 0 Å². The van der Waals surface area contributed by atoms with Crippen LogP contribution in [-0.2, 0) is 18.9 Å². The van der Waals surface area contributed by atoms with Crippen molar-refractivity contribution in [2.24, 2.45) is 5.41 Å². The lowest BCUT2D eigenvalue weighted by Gasteiger charge is -2.35. The van der Waals surface area contributed by atoms with Crippen molar-refractivity contribution in [1.82, 2.24) is 9.55 Å². The number of hydrogen-bond donors (Lipinski definition) is 3. The van der Waals surface area contributed by atoms with Gasteiger partial charge in [0.1, 0.15) is 12.2 Å². The van der Waals surface area contributed by atoms with Gasteiger partial charge in [-0.2, -0.15) is 4.98 Å². The lowest BCUT2D eigenvalue weighted by Crippen LogP contribution is -2.36. The van der Waals surface area contributed by atoms with E-state index >= 15 is 0 Å². The molecule has 1 amide bonds. The second-order valence-electron chi connectivity index (χ2n) is 12.5. The number of carbonyl (C=O) groups is 1. The molecule has 11 nitrogen and oxygen atoms in total. The molecule has 4 atom stereocenters. The Morgan fingerprint density at radius 2 is 1.64 bits per heavy atom. The largest absolute Gasteiger partial charge is 0.449 e. The van der Waals surface area contributed by atoms with Gasteiger partial charge in [-0.05, 0) is 61.3 Å². The van der Waals surface area contributed by atoms with E-state index in [-0.39, 0.29) is 23.2 Å². The fourth-order valence-corrected chi connectivity index (χ4v) is 3.87. The third-order valence-corrected chi connectivity index (χ3v) is 6.24. The highest BCUT2D eigenvalue weighted by molar-refractivity contribution is 5.83. The van der Waals surface area contributed by atoms with Crippen LogP contribution in [-0.4, -0.2) is 75.2 Å². The molecule has 2 heterocycles. The number of halogens is 1. The summed E-state index contributed by atoms with van der Waals surface area (Å²) in [6.45, 7) is 17.0. The van der Waals surface area contributed by atoms with Crippen molar-refractivity contribution < 1.29 is 38.3 Å². The number of rotatable bonds is 12. The highest BCUT2D eigenvalue weighted by Gasteiger charge is 2.42. The number of aliphatic hydroxyl groups is 2. The van der Waals surface area contributed by atoms with Crippen LogP contribution in [0.1, 0.15) is 87.3 Å². The third-order valence-electron chi connectivity index (χ3n) is 6.24. The topological polar surface area (TPSA) is 141 Å². The second-order valence-corrected chi connectivity index (χ2v) is 12.5. The van der Waals surface area contributed by atoms with Gasteiger partial charge in [0.15, 0.2) is 17.9 Å². The second kappa shape index (κ2) is 13.5. The molecule has 1 aromatic heterocycles. The summed E-state index contributed by atoms with van der Waals surface area (Å²) in [6.07, 6.45) is -1.77. The van der Waals surface area contributed by atoms with E-state index < -0.39 is 48.0 Å². The molecule has 1 aromatic rings. The first-order valence-electron chi connectivity index (χ1n) is 13.4. The van der Waals surface area contributed by atoms with Crippen molar-refractivity contribution in [3.63, 3.8) is 0 Å². The molecule has 0 spiro atoms. The summed E-state index contributed by atoms with van der Waals surface area (Å²) in [6, 6.07) is 0. The average Bonchev–Trinajstić information content (AvgIpc) is 3.07. The molecular formula is C27H46FN3O8. The molecule has 0 saturated carbocycles. The minimum absolute atomic E-state index is 0.107. The normalized spacial score (nSPS) is 22.2. The molecule has 3 N–H and O–H groups in total. The molecule has 39 heavy (non-hydrogen) atoms. The Kier molecular flexibility index (Phi) is 11.4.